The van der Waals surface area contributed by atoms with Crippen molar-refractivity contribution in [2.45, 2.75) is 45.6 Å². The molecule has 0 bridgehead atoms. The van der Waals surface area contributed by atoms with E-state index in [1.807, 2.05) is 0 Å². The van der Waals surface area contributed by atoms with Gasteiger partial charge in [0.15, 0.2) is 0 Å². The molecule has 0 aromatic carbocycles. The van der Waals surface area contributed by atoms with Gasteiger partial charge >= 0.3 is 5.97 Å². The van der Waals surface area contributed by atoms with Crippen molar-refractivity contribution in [1.29, 1.82) is 0 Å². The second kappa shape index (κ2) is 5.21. The Hall–Kier alpha value is -0.830. The van der Waals surface area contributed by atoms with E-state index < -0.39 is 5.97 Å². The molecule has 0 radical (unpaired) electrons. The first-order valence-corrected chi connectivity index (χ1v) is 6.69. The van der Waals surface area contributed by atoms with Crippen LogP contribution in [-0.2, 0) is 4.79 Å². The molecule has 0 aromatic rings. The van der Waals surface area contributed by atoms with Crippen LogP contribution in [-0.4, -0.2) is 23.7 Å². The molecule has 17 heavy (non-hydrogen) atoms. The summed E-state index contributed by atoms with van der Waals surface area (Å²) >= 11 is 0. The van der Waals surface area contributed by atoms with E-state index in [1.54, 1.807) is 0 Å². The molecular formula is C14H23NO2. The summed E-state index contributed by atoms with van der Waals surface area (Å²) in [6.07, 6.45) is 6.72. The van der Waals surface area contributed by atoms with Crippen LogP contribution in [0.4, 0.5) is 0 Å². The summed E-state index contributed by atoms with van der Waals surface area (Å²) in [5, 5.41) is 12.6. The van der Waals surface area contributed by atoms with Crippen molar-refractivity contribution in [1.82, 2.24) is 5.32 Å². The number of hydrogen-bond acceptors (Lipinski definition) is 2. The van der Waals surface area contributed by atoms with Gasteiger partial charge < -0.3 is 10.4 Å². The van der Waals surface area contributed by atoms with E-state index in [9.17, 15) is 9.90 Å². The third-order valence-electron chi connectivity index (χ3n) is 3.89. The normalized spacial score (nSPS) is 30.8. The molecule has 2 aliphatic carbocycles. The summed E-state index contributed by atoms with van der Waals surface area (Å²) in [5.41, 5.74) is 1.34. The SMILES string of the molecule is CC1=CC(C)CC(C(NCC2CC2)C(=O)O)C1. The Morgan fingerprint density at radius 1 is 1.59 bits per heavy atom. The fourth-order valence-corrected chi connectivity index (χ4v) is 2.92. The van der Waals surface area contributed by atoms with Crippen molar-refractivity contribution < 1.29 is 9.90 Å². The first-order chi connectivity index (χ1) is 8.06. The molecule has 0 spiro atoms. The number of allylic oxidation sites excluding steroid dienone is 2. The number of hydrogen-bond donors (Lipinski definition) is 2. The largest absolute Gasteiger partial charge is 0.480 e. The van der Waals surface area contributed by atoms with Crippen LogP contribution in [0.15, 0.2) is 11.6 Å². The maximum absolute atomic E-state index is 11.4. The van der Waals surface area contributed by atoms with Crippen molar-refractivity contribution in [3.8, 4) is 0 Å². The summed E-state index contributed by atoms with van der Waals surface area (Å²) in [6, 6.07) is -0.360. The average Bonchev–Trinajstić information content (AvgIpc) is 2.99. The Morgan fingerprint density at radius 2 is 2.29 bits per heavy atom. The van der Waals surface area contributed by atoms with Crippen molar-refractivity contribution in [2.24, 2.45) is 17.8 Å². The van der Waals surface area contributed by atoms with Crippen LogP contribution in [0.3, 0.4) is 0 Å². The zero-order valence-corrected chi connectivity index (χ0v) is 10.8. The molecule has 1 saturated carbocycles. The zero-order valence-electron chi connectivity index (χ0n) is 10.8. The topological polar surface area (TPSA) is 49.3 Å². The lowest BCUT2D eigenvalue weighted by Crippen LogP contribution is -2.45. The lowest BCUT2D eigenvalue weighted by Gasteiger charge is -2.30. The number of carbonyl (C=O) groups is 1. The molecule has 3 unspecified atom stereocenters. The Bertz CT molecular complexity index is 320. The molecule has 0 aliphatic heterocycles. The van der Waals surface area contributed by atoms with Crippen molar-refractivity contribution in [3.05, 3.63) is 11.6 Å². The third-order valence-corrected chi connectivity index (χ3v) is 3.89. The summed E-state index contributed by atoms with van der Waals surface area (Å²) in [4.78, 5) is 11.4. The van der Waals surface area contributed by atoms with Gasteiger partial charge in [-0.25, -0.2) is 0 Å². The van der Waals surface area contributed by atoms with Crippen LogP contribution in [0.1, 0.15) is 39.5 Å². The molecule has 0 saturated heterocycles. The molecule has 0 heterocycles. The van der Waals surface area contributed by atoms with Gasteiger partial charge in [0.05, 0.1) is 0 Å². The first kappa shape index (κ1) is 12.6. The highest BCUT2D eigenvalue weighted by Crippen LogP contribution is 2.32. The first-order valence-electron chi connectivity index (χ1n) is 6.69. The standard InChI is InChI=1S/C14H23NO2/c1-9-5-10(2)7-12(6-9)13(14(16)17)15-8-11-3-4-11/h5,9,11-13,15H,3-4,6-8H2,1-2H3,(H,16,17). The lowest BCUT2D eigenvalue weighted by molar-refractivity contribution is -0.141. The van der Waals surface area contributed by atoms with E-state index in [-0.39, 0.29) is 12.0 Å². The Kier molecular flexibility index (Phi) is 3.87. The van der Waals surface area contributed by atoms with E-state index in [1.165, 1.54) is 18.4 Å². The van der Waals surface area contributed by atoms with E-state index in [0.29, 0.717) is 5.92 Å². The zero-order chi connectivity index (χ0) is 12.4. The summed E-state index contributed by atoms with van der Waals surface area (Å²) in [5.74, 6) is 0.816. The van der Waals surface area contributed by atoms with Gasteiger partial charge in [-0.15, -0.1) is 0 Å². The predicted octanol–water partition coefficient (Wildman–Crippen LogP) is 2.43. The molecule has 3 atom stereocenters. The van der Waals surface area contributed by atoms with Crippen LogP contribution in [0, 0.1) is 17.8 Å². The molecule has 96 valence electrons. The van der Waals surface area contributed by atoms with E-state index in [0.717, 1.165) is 25.3 Å². The van der Waals surface area contributed by atoms with Gasteiger partial charge in [-0.3, -0.25) is 4.79 Å². The third kappa shape index (κ3) is 3.56. The second-order valence-electron chi connectivity index (χ2n) is 5.86. The number of aliphatic carboxylic acids is 1. The molecular weight excluding hydrogens is 214 g/mol. The molecule has 1 fully saturated rings. The number of nitrogens with one attached hydrogen (secondary N) is 1. The molecule has 0 amide bonds. The van der Waals surface area contributed by atoms with Crippen molar-refractivity contribution >= 4 is 5.97 Å². The highest BCUT2D eigenvalue weighted by atomic mass is 16.4. The Balaban J connectivity index is 1.94. The number of carboxylic acids is 1. The fraction of sp³-hybridized carbons (Fsp3) is 0.786. The minimum Gasteiger partial charge on any atom is -0.480 e. The van der Waals surface area contributed by atoms with Gasteiger partial charge in [0.25, 0.3) is 0 Å². The van der Waals surface area contributed by atoms with Crippen LogP contribution in [0.25, 0.3) is 0 Å². The fourth-order valence-electron chi connectivity index (χ4n) is 2.92. The van der Waals surface area contributed by atoms with Crippen molar-refractivity contribution in [2.75, 3.05) is 6.54 Å². The van der Waals surface area contributed by atoms with Crippen molar-refractivity contribution in [3.63, 3.8) is 0 Å². The summed E-state index contributed by atoms with van der Waals surface area (Å²) in [6.45, 7) is 5.17. The van der Waals surface area contributed by atoms with E-state index in [4.69, 9.17) is 0 Å². The lowest BCUT2D eigenvalue weighted by atomic mass is 9.79. The molecule has 2 rings (SSSR count). The summed E-state index contributed by atoms with van der Waals surface area (Å²) in [7, 11) is 0. The number of rotatable bonds is 5. The van der Waals surface area contributed by atoms with Crippen LogP contribution in [0.2, 0.25) is 0 Å². The molecule has 2 aliphatic rings. The van der Waals surface area contributed by atoms with Gasteiger partial charge in [-0.1, -0.05) is 18.6 Å². The second-order valence-corrected chi connectivity index (χ2v) is 5.86. The Labute approximate surface area is 103 Å². The summed E-state index contributed by atoms with van der Waals surface area (Å²) < 4.78 is 0. The highest BCUT2D eigenvalue weighted by molar-refractivity contribution is 5.74. The van der Waals surface area contributed by atoms with Gasteiger partial charge in [-0.2, -0.15) is 0 Å². The Morgan fingerprint density at radius 3 is 2.82 bits per heavy atom. The number of carboxylic acid groups (broad SMARTS) is 1. The maximum atomic E-state index is 11.4. The molecule has 3 nitrogen and oxygen atoms in total. The van der Waals surface area contributed by atoms with Gasteiger partial charge in [0.2, 0.25) is 0 Å². The highest BCUT2D eigenvalue weighted by Gasteiger charge is 2.32. The molecule has 2 N–H and O–H groups in total. The van der Waals surface area contributed by atoms with Crippen LogP contribution >= 0.6 is 0 Å². The minimum atomic E-state index is -0.683. The average molecular weight is 237 g/mol. The quantitative estimate of drug-likeness (QED) is 0.722. The minimum absolute atomic E-state index is 0.256. The van der Waals surface area contributed by atoms with E-state index >= 15 is 0 Å². The van der Waals surface area contributed by atoms with Gasteiger partial charge in [0, 0.05) is 0 Å². The monoisotopic (exact) mass is 237 g/mol. The van der Waals surface area contributed by atoms with Gasteiger partial charge in [-0.05, 0) is 56.9 Å². The van der Waals surface area contributed by atoms with E-state index in [2.05, 4.69) is 25.2 Å². The molecule has 0 aromatic heterocycles. The van der Waals surface area contributed by atoms with Crippen LogP contribution in [0.5, 0.6) is 0 Å². The predicted molar refractivity (Wildman–Crippen MR) is 67.8 cm³/mol. The van der Waals surface area contributed by atoms with Crippen LogP contribution < -0.4 is 5.32 Å². The maximum Gasteiger partial charge on any atom is 0.320 e. The molecule has 3 heteroatoms. The smallest absolute Gasteiger partial charge is 0.320 e. The van der Waals surface area contributed by atoms with Gasteiger partial charge in [0.1, 0.15) is 6.04 Å².